The normalized spacial score (nSPS) is 17.5. The van der Waals surface area contributed by atoms with E-state index < -0.39 is 0 Å². The van der Waals surface area contributed by atoms with Gasteiger partial charge in [0.25, 0.3) is 0 Å². The van der Waals surface area contributed by atoms with E-state index in [1.165, 1.54) is 10.4 Å². The first-order valence-electron chi connectivity index (χ1n) is 9.60. The summed E-state index contributed by atoms with van der Waals surface area (Å²) in [7, 11) is 0. The highest BCUT2D eigenvalue weighted by Crippen LogP contribution is 2.27. The Bertz CT molecular complexity index is 941. The summed E-state index contributed by atoms with van der Waals surface area (Å²) in [6.07, 6.45) is 8.51. The first kappa shape index (κ1) is 17.7. The van der Waals surface area contributed by atoms with Crippen molar-refractivity contribution >= 4 is 16.5 Å². The van der Waals surface area contributed by atoms with Gasteiger partial charge in [0.15, 0.2) is 11.0 Å². The van der Waals surface area contributed by atoms with Crippen molar-refractivity contribution in [3.05, 3.63) is 53.1 Å². The van der Waals surface area contributed by atoms with Crippen molar-refractivity contribution < 1.29 is 4.74 Å². The van der Waals surface area contributed by atoms with Gasteiger partial charge < -0.3 is 9.64 Å². The van der Waals surface area contributed by atoms with Gasteiger partial charge in [0.1, 0.15) is 0 Å². The average Bonchev–Trinajstić information content (AvgIpc) is 3.23. The minimum Gasteiger partial charge on any atom is -0.378 e. The number of anilines is 1. The van der Waals surface area contributed by atoms with Crippen LogP contribution in [0.2, 0.25) is 0 Å². The third-order valence-corrected chi connectivity index (χ3v) is 6.20. The van der Waals surface area contributed by atoms with Crippen LogP contribution in [-0.2, 0) is 24.2 Å². The molecule has 3 aromatic rings. The second-order valence-corrected chi connectivity index (χ2v) is 8.16. The Morgan fingerprint density at radius 3 is 2.75 bits per heavy atom. The molecule has 144 valence electrons. The molecule has 0 N–H and O–H groups in total. The van der Waals surface area contributed by atoms with E-state index in [9.17, 15) is 0 Å². The van der Waals surface area contributed by atoms with Crippen LogP contribution in [0.1, 0.15) is 16.1 Å². The highest BCUT2D eigenvalue weighted by atomic mass is 32.1. The maximum absolute atomic E-state index is 5.43. The number of thiazole rings is 1. The largest absolute Gasteiger partial charge is 0.378 e. The van der Waals surface area contributed by atoms with Crippen molar-refractivity contribution in [2.24, 2.45) is 0 Å². The summed E-state index contributed by atoms with van der Waals surface area (Å²) in [6.45, 7) is 6.26. The van der Waals surface area contributed by atoms with E-state index in [-0.39, 0.29) is 0 Å². The Kier molecular flexibility index (Phi) is 4.99. The third-order valence-electron chi connectivity index (χ3n) is 5.15. The zero-order valence-electron chi connectivity index (χ0n) is 15.6. The third kappa shape index (κ3) is 3.76. The summed E-state index contributed by atoms with van der Waals surface area (Å²) >= 11 is 1.79. The van der Waals surface area contributed by atoms with Crippen LogP contribution in [0.4, 0.5) is 5.13 Å². The zero-order chi connectivity index (χ0) is 18.8. The first-order valence-corrected chi connectivity index (χ1v) is 10.4. The van der Waals surface area contributed by atoms with E-state index in [1.807, 2.05) is 24.5 Å². The molecule has 2 aliphatic heterocycles. The maximum Gasteiger partial charge on any atom is 0.185 e. The lowest BCUT2D eigenvalue weighted by molar-refractivity contribution is 0.122. The van der Waals surface area contributed by atoms with Gasteiger partial charge in [-0.15, -0.1) is 11.3 Å². The van der Waals surface area contributed by atoms with Gasteiger partial charge in [-0.05, 0) is 12.1 Å². The Morgan fingerprint density at radius 1 is 1.04 bits per heavy atom. The molecule has 5 rings (SSSR count). The SMILES string of the molecule is c1cc(-c2ncc3c(n2)CCN(Cc2cnc(N4CCOCC4)s2)C3)ccn1. The van der Waals surface area contributed by atoms with Gasteiger partial charge in [0.05, 0.1) is 18.9 Å². The van der Waals surface area contributed by atoms with E-state index in [0.29, 0.717) is 0 Å². The smallest absolute Gasteiger partial charge is 0.185 e. The number of nitrogens with zero attached hydrogens (tertiary/aromatic N) is 6. The second-order valence-electron chi connectivity index (χ2n) is 7.07. The van der Waals surface area contributed by atoms with Crippen LogP contribution < -0.4 is 4.90 Å². The molecule has 1 fully saturated rings. The van der Waals surface area contributed by atoms with Crippen LogP contribution in [0, 0.1) is 0 Å². The highest BCUT2D eigenvalue weighted by Gasteiger charge is 2.21. The summed E-state index contributed by atoms with van der Waals surface area (Å²) in [5, 5.41) is 1.11. The maximum atomic E-state index is 5.43. The molecule has 0 unspecified atom stereocenters. The van der Waals surface area contributed by atoms with Gasteiger partial charge in [-0.2, -0.15) is 0 Å². The molecule has 0 radical (unpaired) electrons. The van der Waals surface area contributed by atoms with Crippen molar-refractivity contribution in [2.75, 3.05) is 37.7 Å². The van der Waals surface area contributed by atoms with E-state index in [1.54, 1.807) is 23.7 Å². The minimum absolute atomic E-state index is 0.784. The topological polar surface area (TPSA) is 67.3 Å². The Hall–Kier alpha value is -2.42. The predicted octanol–water partition coefficient (Wildman–Crippen LogP) is 2.39. The van der Waals surface area contributed by atoms with Crippen molar-refractivity contribution in [1.82, 2.24) is 24.8 Å². The molecule has 0 bridgehead atoms. The lowest BCUT2D eigenvalue weighted by atomic mass is 10.1. The molecule has 28 heavy (non-hydrogen) atoms. The predicted molar refractivity (Wildman–Crippen MR) is 108 cm³/mol. The van der Waals surface area contributed by atoms with E-state index >= 15 is 0 Å². The van der Waals surface area contributed by atoms with E-state index in [2.05, 4.69) is 24.8 Å². The molecule has 0 aromatic carbocycles. The summed E-state index contributed by atoms with van der Waals surface area (Å²) in [4.78, 5) is 24.1. The molecule has 2 aliphatic rings. The summed E-state index contributed by atoms with van der Waals surface area (Å²) in [5.74, 6) is 0.784. The minimum atomic E-state index is 0.784. The monoisotopic (exact) mass is 394 g/mol. The number of rotatable bonds is 4. The molecule has 3 aromatic heterocycles. The lowest BCUT2D eigenvalue weighted by Crippen LogP contribution is -2.36. The standard InChI is InChI=1S/C20H22N6OS/c1-4-21-5-2-15(1)19-22-11-16-13-25(6-3-18(16)24-19)14-17-12-23-20(28-17)26-7-9-27-10-8-26/h1-2,4-5,11-12H,3,6-10,13-14H2. The van der Waals surface area contributed by atoms with E-state index in [4.69, 9.17) is 9.72 Å². The van der Waals surface area contributed by atoms with Crippen molar-refractivity contribution in [3.63, 3.8) is 0 Å². The summed E-state index contributed by atoms with van der Waals surface area (Å²) in [6, 6.07) is 3.90. The number of fused-ring (bicyclic) bond motifs is 1. The molecular formula is C20H22N6OS. The quantitative estimate of drug-likeness (QED) is 0.673. The van der Waals surface area contributed by atoms with E-state index in [0.717, 1.165) is 74.6 Å². The highest BCUT2D eigenvalue weighted by molar-refractivity contribution is 7.15. The molecule has 8 heteroatoms. The van der Waals surface area contributed by atoms with Gasteiger partial charge >= 0.3 is 0 Å². The molecular weight excluding hydrogens is 372 g/mol. The van der Waals surface area contributed by atoms with Crippen LogP contribution >= 0.6 is 11.3 Å². The van der Waals surface area contributed by atoms with Crippen molar-refractivity contribution in [2.45, 2.75) is 19.5 Å². The number of hydrogen-bond acceptors (Lipinski definition) is 8. The van der Waals surface area contributed by atoms with Crippen LogP contribution in [-0.4, -0.2) is 57.7 Å². The zero-order valence-corrected chi connectivity index (χ0v) is 16.4. The number of ether oxygens (including phenoxy) is 1. The Labute approximate surface area is 168 Å². The molecule has 0 spiro atoms. The molecule has 1 saturated heterocycles. The second kappa shape index (κ2) is 7.90. The van der Waals surface area contributed by atoms with Gasteiger partial charge in [-0.1, -0.05) is 0 Å². The number of hydrogen-bond donors (Lipinski definition) is 0. The van der Waals surface area contributed by atoms with Crippen molar-refractivity contribution in [1.29, 1.82) is 0 Å². The van der Waals surface area contributed by atoms with Gasteiger partial charge in [0.2, 0.25) is 0 Å². The lowest BCUT2D eigenvalue weighted by Gasteiger charge is -2.27. The fourth-order valence-corrected chi connectivity index (χ4v) is 4.65. The molecule has 0 aliphatic carbocycles. The fourth-order valence-electron chi connectivity index (χ4n) is 3.64. The van der Waals surface area contributed by atoms with Gasteiger partial charge in [0, 0.05) is 79.9 Å². The van der Waals surface area contributed by atoms with Crippen LogP contribution in [0.25, 0.3) is 11.4 Å². The van der Waals surface area contributed by atoms with Crippen LogP contribution in [0.3, 0.4) is 0 Å². The number of aromatic nitrogens is 4. The summed E-state index contributed by atoms with van der Waals surface area (Å²) in [5.41, 5.74) is 3.40. The first-order chi connectivity index (χ1) is 13.8. The number of pyridine rings is 1. The Balaban J connectivity index is 1.26. The molecule has 0 atom stereocenters. The fraction of sp³-hybridized carbons (Fsp3) is 0.400. The molecule has 0 saturated carbocycles. The Morgan fingerprint density at radius 2 is 1.89 bits per heavy atom. The van der Waals surface area contributed by atoms with Crippen LogP contribution in [0.5, 0.6) is 0 Å². The van der Waals surface area contributed by atoms with Gasteiger partial charge in [-0.3, -0.25) is 9.88 Å². The average molecular weight is 395 g/mol. The number of morpholine rings is 1. The van der Waals surface area contributed by atoms with Gasteiger partial charge in [-0.25, -0.2) is 15.0 Å². The molecule has 7 nitrogen and oxygen atoms in total. The molecule has 0 amide bonds. The van der Waals surface area contributed by atoms with Crippen molar-refractivity contribution in [3.8, 4) is 11.4 Å². The summed E-state index contributed by atoms with van der Waals surface area (Å²) < 4.78 is 5.43. The molecule has 5 heterocycles. The van der Waals surface area contributed by atoms with Crippen LogP contribution in [0.15, 0.2) is 36.9 Å².